The lowest BCUT2D eigenvalue weighted by atomic mass is 9.96. The van der Waals surface area contributed by atoms with E-state index in [0.717, 1.165) is 38.5 Å². The van der Waals surface area contributed by atoms with Gasteiger partial charge in [0, 0.05) is 6.42 Å². The number of rotatable bonds is 47. The fourth-order valence-electron chi connectivity index (χ4n) is 10.8. The summed E-state index contributed by atoms with van der Waals surface area (Å²) in [5.74, 6) is -0.282. The van der Waals surface area contributed by atoms with Gasteiger partial charge in [-0.25, -0.2) is 0 Å². The Morgan fingerprint density at radius 2 is 0.800 bits per heavy atom. The Balaban J connectivity index is 1.49. The maximum atomic E-state index is 13.3. The first-order chi connectivity index (χ1) is 38.8. The first-order valence-corrected chi connectivity index (χ1v) is 31.6. The summed E-state index contributed by atoms with van der Waals surface area (Å²) in [5.41, 5.74) is 0. The van der Waals surface area contributed by atoms with E-state index in [9.17, 15) is 61.0 Å². The summed E-state index contributed by atoms with van der Waals surface area (Å²) >= 11 is 0. The third kappa shape index (κ3) is 28.0. The number of aliphatic hydroxyl groups is 11. The quantitative estimate of drug-likeness (QED) is 0.0234. The summed E-state index contributed by atoms with van der Waals surface area (Å²) in [5, 5.41) is 120. The number of amides is 1. The molecular formula is C61H113NO18. The molecule has 0 spiro atoms. The molecule has 19 heteroatoms. The first-order valence-electron chi connectivity index (χ1n) is 31.6. The van der Waals surface area contributed by atoms with Gasteiger partial charge in [-0.1, -0.05) is 212 Å². The van der Waals surface area contributed by atoms with Crippen molar-refractivity contribution in [1.82, 2.24) is 5.32 Å². The molecule has 0 aromatic rings. The average Bonchev–Trinajstić information content (AvgIpc) is 3.50. The van der Waals surface area contributed by atoms with Crippen LogP contribution in [0.1, 0.15) is 226 Å². The van der Waals surface area contributed by atoms with Gasteiger partial charge >= 0.3 is 0 Å². The highest BCUT2D eigenvalue weighted by Gasteiger charge is 2.53. The number of nitrogens with one attached hydrogen (secondary N) is 1. The molecule has 3 fully saturated rings. The zero-order valence-electron chi connectivity index (χ0n) is 49.1. The zero-order chi connectivity index (χ0) is 58.3. The van der Waals surface area contributed by atoms with Crippen molar-refractivity contribution in [2.24, 2.45) is 0 Å². The summed E-state index contributed by atoms with van der Waals surface area (Å²) in [7, 11) is 0. The second-order valence-electron chi connectivity index (χ2n) is 22.9. The highest BCUT2D eigenvalue weighted by atomic mass is 16.8. The molecule has 0 aliphatic carbocycles. The van der Waals surface area contributed by atoms with Crippen LogP contribution in [0.5, 0.6) is 0 Å². The molecule has 17 unspecified atom stereocenters. The molecule has 3 heterocycles. The minimum Gasteiger partial charge on any atom is -0.394 e. The molecule has 12 N–H and O–H groups in total. The molecule has 80 heavy (non-hydrogen) atoms. The van der Waals surface area contributed by atoms with Gasteiger partial charge in [0.1, 0.15) is 73.2 Å². The Hall–Kier alpha value is -1.73. The molecule has 17 atom stereocenters. The number of hydrogen-bond donors (Lipinski definition) is 12. The van der Waals surface area contributed by atoms with E-state index in [0.29, 0.717) is 12.8 Å². The Labute approximate surface area is 479 Å². The Bertz CT molecular complexity index is 1560. The minimum absolute atomic E-state index is 0.240. The van der Waals surface area contributed by atoms with Crippen molar-refractivity contribution in [2.45, 2.75) is 330 Å². The van der Waals surface area contributed by atoms with Crippen LogP contribution in [0.15, 0.2) is 24.3 Å². The molecule has 470 valence electrons. The van der Waals surface area contributed by atoms with Gasteiger partial charge in [-0.15, -0.1) is 0 Å². The molecule has 0 aromatic heterocycles. The van der Waals surface area contributed by atoms with E-state index in [1.54, 1.807) is 6.08 Å². The van der Waals surface area contributed by atoms with Crippen LogP contribution in [0.25, 0.3) is 0 Å². The lowest BCUT2D eigenvalue weighted by Gasteiger charge is -2.48. The Morgan fingerprint density at radius 3 is 1.25 bits per heavy atom. The Kier molecular flexibility index (Phi) is 40.5. The lowest BCUT2D eigenvalue weighted by Crippen LogP contribution is -2.66. The maximum Gasteiger partial charge on any atom is 0.220 e. The van der Waals surface area contributed by atoms with Gasteiger partial charge in [-0.2, -0.15) is 0 Å². The number of carbonyl (C=O) groups is 1. The van der Waals surface area contributed by atoms with E-state index in [2.05, 4.69) is 31.3 Å². The number of aliphatic hydroxyl groups excluding tert-OH is 11. The summed E-state index contributed by atoms with van der Waals surface area (Å²) < 4.78 is 34.3. The minimum atomic E-state index is -1.98. The monoisotopic (exact) mass is 1150 g/mol. The van der Waals surface area contributed by atoms with Crippen LogP contribution >= 0.6 is 0 Å². The predicted molar refractivity (Wildman–Crippen MR) is 305 cm³/mol. The molecular weight excluding hydrogens is 1030 g/mol. The van der Waals surface area contributed by atoms with Crippen LogP contribution in [0.2, 0.25) is 0 Å². The molecule has 0 saturated carbocycles. The van der Waals surface area contributed by atoms with E-state index in [-0.39, 0.29) is 18.9 Å². The molecule has 1 amide bonds. The smallest absolute Gasteiger partial charge is 0.220 e. The summed E-state index contributed by atoms with van der Waals surface area (Å²) in [6, 6.07) is -0.985. The first kappa shape index (κ1) is 72.5. The highest BCUT2D eigenvalue weighted by Crippen LogP contribution is 2.33. The van der Waals surface area contributed by atoms with Crippen LogP contribution in [0, 0.1) is 0 Å². The molecule has 3 aliphatic heterocycles. The van der Waals surface area contributed by atoms with Gasteiger partial charge in [0.25, 0.3) is 0 Å². The molecule has 0 radical (unpaired) electrons. The largest absolute Gasteiger partial charge is 0.394 e. The zero-order valence-corrected chi connectivity index (χ0v) is 49.1. The van der Waals surface area contributed by atoms with E-state index in [1.165, 1.54) is 154 Å². The molecule has 3 aliphatic rings. The SMILES string of the molecule is CCCCCCCCCCCC/C=C/CC/C=C/C(O)C(COC1OC(CO)C(OC2OC(CO)C(OC3OC(CO)C(O)C(O)C3O)C(O)C2O)C(O)C1O)NC(=O)CCCCCCCCCCCCCCCCCCCCC. The molecule has 3 saturated heterocycles. The lowest BCUT2D eigenvalue weighted by molar-refractivity contribution is -0.379. The van der Waals surface area contributed by atoms with Gasteiger partial charge in [-0.05, 0) is 32.1 Å². The predicted octanol–water partition coefficient (Wildman–Crippen LogP) is 6.32. The van der Waals surface area contributed by atoms with Crippen molar-refractivity contribution in [2.75, 3.05) is 26.4 Å². The van der Waals surface area contributed by atoms with Gasteiger partial charge in [0.05, 0.1) is 38.6 Å². The van der Waals surface area contributed by atoms with Gasteiger partial charge in [-0.3, -0.25) is 4.79 Å². The van der Waals surface area contributed by atoms with Gasteiger partial charge < -0.3 is 89.9 Å². The van der Waals surface area contributed by atoms with Crippen LogP contribution in [-0.2, 0) is 33.2 Å². The standard InChI is InChI=1S/C61H113NO18/c1-3-5-7-9-11-13-15-17-19-21-22-23-25-27-29-31-33-35-37-39-49(67)62-44(45(66)38-36-34-32-30-28-26-24-20-18-16-14-12-10-8-6-4-2)43-75-59-55(73)52(70)57(47(41-64)77-59)80-61-56(74)53(71)58(48(42-65)78-61)79-60-54(72)51(69)50(68)46(40-63)76-60/h28,30,36,38,44-48,50-61,63-66,68-74H,3-27,29,31-35,37,39-43H2,1-2H3,(H,62,67)/b30-28+,38-36+. The Morgan fingerprint density at radius 1 is 0.438 bits per heavy atom. The van der Waals surface area contributed by atoms with Crippen LogP contribution in [-0.4, -0.2) is 193 Å². The molecule has 0 bridgehead atoms. The summed E-state index contributed by atoms with van der Waals surface area (Å²) in [6.07, 6.45) is 20.1. The third-order valence-electron chi connectivity index (χ3n) is 16.0. The van der Waals surface area contributed by atoms with Crippen LogP contribution < -0.4 is 5.32 Å². The van der Waals surface area contributed by atoms with E-state index >= 15 is 0 Å². The summed E-state index contributed by atoms with van der Waals surface area (Å²) in [4.78, 5) is 13.3. The second-order valence-corrected chi connectivity index (χ2v) is 22.9. The number of unbranched alkanes of at least 4 members (excludes halogenated alkanes) is 29. The van der Waals surface area contributed by atoms with E-state index < -0.39 is 124 Å². The number of ether oxygens (including phenoxy) is 6. The fourth-order valence-corrected chi connectivity index (χ4v) is 10.8. The van der Waals surface area contributed by atoms with Crippen molar-refractivity contribution in [3.05, 3.63) is 24.3 Å². The topological polar surface area (TPSA) is 307 Å². The number of carbonyl (C=O) groups excluding carboxylic acids is 1. The van der Waals surface area contributed by atoms with Crippen molar-refractivity contribution in [1.29, 1.82) is 0 Å². The van der Waals surface area contributed by atoms with E-state index in [1.807, 2.05) is 6.08 Å². The van der Waals surface area contributed by atoms with Gasteiger partial charge in [0.15, 0.2) is 18.9 Å². The summed E-state index contributed by atoms with van der Waals surface area (Å²) in [6.45, 7) is 1.72. The molecule has 0 aromatic carbocycles. The third-order valence-corrected chi connectivity index (χ3v) is 16.0. The van der Waals surface area contributed by atoms with Crippen LogP contribution in [0.3, 0.4) is 0 Å². The number of hydrogen-bond acceptors (Lipinski definition) is 18. The average molecular weight is 1150 g/mol. The fraction of sp³-hybridized carbons (Fsp3) is 0.918. The van der Waals surface area contributed by atoms with Crippen molar-refractivity contribution >= 4 is 5.91 Å². The van der Waals surface area contributed by atoms with Crippen LogP contribution in [0.4, 0.5) is 0 Å². The normalized spacial score (nSPS) is 30.1. The van der Waals surface area contributed by atoms with E-state index in [4.69, 9.17) is 28.4 Å². The highest BCUT2D eigenvalue weighted by molar-refractivity contribution is 5.76. The van der Waals surface area contributed by atoms with Crippen molar-refractivity contribution < 1.29 is 89.4 Å². The molecule has 19 nitrogen and oxygen atoms in total. The molecule has 3 rings (SSSR count). The maximum absolute atomic E-state index is 13.3. The number of allylic oxidation sites excluding steroid dienone is 3. The van der Waals surface area contributed by atoms with Crippen molar-refractivity contribution in [3.63, 3.8) is 0 Å². The second kappa shape index (κ2) is 44.7. The van der Waals surface area contributed by atoms with Gasteiger partial charge in [0.2, 0.25) is 5.91 Å². The van der Waals surface area contributed by atoms with Crippen molar-refractivity contribution in [3.8, 4) is 0 Å².